The molecule has 0 aromatic rings. The molecule has 2 nitrogen and oxygen atoms in total. The van der Waals surface area contributed by atoms with Gasteiger partial charge in [-0.2, -0.15) is 0 Å². The van der Waals surface area contributed by atoms with E-state index in [-0.39, 0.29) is 5.60 Å². The van der Waals surface area contributed by atoms with Gasteiger partial charge < -0.3 is 4.74 Å². The highest BCUT2D eigenvalue weighted by Gasteiger charge is 2.34. The second-order valence-electron chi connectivity index (χ2n) is 3.39. The summed E-state index contributed by atoms with van der Waals surface area (Å²) in [5.74, 6) is 0.749. The van der Waals surface area contributed by atoms with Gasteiger partial charge in [0.15, 0.2) is 0 Å². The predicted molar refractivity (Wildman–Crippen MR) is 51.5 cm³/mol. The molecule has 0 amide bonds. The maximum absolute atomic E-state index is 5.76. The van der Waals surface area contributed by atoms with Gasteiger partial charge in [0, 0.05) is 5.57 Å². The van der Waals surface area contributed by atoms with Crippen LogP contribution in [0.5, 0.6) is 0 Å². The zero-order chi connectivity index (χ0) is 9.19. The van der Waals surface area contributed by atoms with Crippen LogP contribution in [-0.2, 0) is 4.74 Å². The molecule has 0 spiro atoms. The Bertz CT molecular complexity index is 214. The summed E-state index contributed by atoms with van der Waals surface area (Å²) in [5, 5.41) is 0. The maximum Gasteiger partial charge on any atom is 0.211 e. The zero-order valence-electron chi connectivity index (χ0n) is 8.18. The van der Waals surface area contributed by atoms with Crippen LogP contribution in [0.2, 0.25) is 0 Å². The molecule has 68 valence electrons. The molecule has 2 heteroatoms. The average Bonchev–Trinajstić information content (AvgIpc) is 2.49. The SMILES string of the molecule is C=C(C)C1=NCC(CC)(CC)O1. The van der Waals surface area contributed by atoms with E-state index < -0.39 is 0 Å². The van der Waals surface area contributed by atoms with Crippen LogP contribution >= 0.6 is 0 Å². The summed E-state index contributed by atoms with van der Waals surface area (Å²) in [5.41, 5.74) is 0.896. The Balaban J connectivity index is 2.66. The summed E-state index contributed by atoms with van der Waals surface area (Å²) < 4.78 is 5.76. The van der Waals surface area contributed by atoms with Crippen LogP contribution in [0.3, 0.4) is 0 Å². The first-order valence-electron chi connectivity index (χ1n) is 4.53. The second-order valence-corrected chi connectivity index (χ2v) is 3.39. The number of rotatable bonds is 3. The minimum Gasteiger partial charge on any atom is -0.469 e. The van der Waals surface area contributed by atoms with Crippen LogP contribution in [0.1, 0.15) is 33.6 Å². The molecule has 0 atom stereocenters. The van der Waals surface area contributed by atoms with Crippen molar-refractivity contribution in [1.29, 1.82) is 0 Å². The smallest absolute Gasteiger partial charge is 0.211 e. The van der Waals surface area contributed by atoms with Crippen molar-refractivity contribution in [3.05, 3.63) is 12.2 Å². The average molecular weight is 167 g/mol. The van der Waals surface area contributed by atoms with Crippen LogP contribution in [0.15, 0.2) is 17.1 Å². The highest BCUT2D eigenvalue weighted by atomic mass is 16.5. The highest BCUT2D eigenvalue weighted by molar-refractivity contribution is 5.93. The molecular weight excluding hydrogens is 150 g/mol. The first-order valence-corrected chi connectivity index (χ1v) is 4.53. The van der Waals surface area contributed by atoms with E-state index in [9.17, 15) is 0 Å². The van der Waals surface area contributed by atoms with Crippen molar-refractivity contribution < 1.29 is 4.74 Å². The molecule has 0 saturated carbocycles. The molecule has 0 saturated heterocycles. The maximum atomic E-state index is 5.76. The van der Waals surface area contributed by atoms with Crippen molar-refractivity contribution >= 4 is 5.90 Å². The Hall–Kier alpha value is -0.790. The van der Waals surface area contributed by atoms with E-state index in [2.05, 4.69) is 25.4 Å². The van der Waals surface area contributed by atoms with E-state index >= 15 is 0 Å². The molecule has 0 bridgehead atoms. The summed E-state index contributed by atoms with van der Waals surface area (Å²) in [6.07, 6.45) is 2.04. The lowest BCUT2D eigenvalue weighted by molar-refractivity contribution is 0.0792. The molecule has 0 radical (unpaired) electrons. The number of hydrogen-bond donors (Lipinski definition) is 0. The van der Waals surface area contributed by atoms with Gasteiger partial charge in [0.2, 0.25) is 5.90 Å². The first kappa shape index (κ1) is 9.30. The first-order chi connectivity index (χ1) is 5.63. The Morgan fingerprint density at radius 1 is 1.58 bits per heavy atom. The fourth-order valence-electron chi connectivity index (χ4n) is 1.33. The molecule has 1 aliphatic rings. The van der Waals surface area contributed by atoms with E-state index in [1.807, 2.05) is 6.92 Å². The third-order valence-electron chi connectivity index (χ3n) is 2.48. The molecule has 1 heterocycles. The van der Waals surface area contributed by atoms with Crippen molar-refractivity contribution in [1.82, 2.24) is 0 Å². The Morgan fingerprint density at radius 3 is 2.42 bits per heavy atom. The Morgan fingerprint density at radius 2 is 2.17 bits per heavy atom. The lowest BCUT2D eigenvalue weighted by Crippen LogP contribution is -2.31. The van der Waals surface area contributed by atoms with Crippen molar-refractivity contribution in [3.63, 3.8) is 0 Å². The zero-order valence-corrected chi connectivity index (χ0v) is 8.18. The van der Waals surface area contributed by atoms with Gasteiger partial charge in [0.25, 0.3) is 0 Å². The Kier molecular flexibility index (Phi) is 2.55. The summed E-state index contributed by atoms with van der Waals surface area (Å²) in [4.78, 5) is 4.33. The molecule has 1 rings (SSSR count). The van der Waals surface area contributed by atoms with Crippen LogP contribution in [-0.4, -0.2) is 18.0 Å². The lowest BCUT2D eigenvalue weighted by atomic mass is 9.98. The second kappa shape index (κ2) is 3.30. The lowest BCUT2D eigenvalue weighted by Gasteiger charge is -2.25. The van der Waals surface area contributed by atoms with Crippen molar-refractivity contribution in [3.8, 4) is 0 Å². The van der Waals surface area contributed by atoms with E-state index in [0.717, 1.165) is 30.9 Å². The monoisotopic (exact) mass is 167 g/mol. The van der Waals surface area contributed by atoms with Gasteiger partial charge in [-0.25, -0.2) is 4.99 Å². The van der Waals surface area contributed by atoms with Gasteiger partial charge >= 0.3 is 0 Å². The van der Waals surface area contributed by atoms with Gasteiger partial charge in [-0.05, 0) is 19.8 Å². The number of nitrogens with zero attached hydrogens (tertiary/aromatic N) is 1. The summed E-state index contributed by atoms with van der Waals surface area (Å²) >= 11 is 0. The molecule has 0 aromatic carbocycles. The number of ether oxygens (including phenoxy) is 1. The van der Waals surface area contributed by atoms with Crippen LogP contribution in [0.4, 0.5) is 0 Å². The molecule has 0 aromatic heterocycles. The van der Waals surface area contributed by atoms with E-state index in [1.54, 1.807) is 0 Å². The van der Waals surface area contributed by atoms with Crippen LogP contribution < -0.4 is 0 Å². The predicted octanol–water partition coefficient (Wildman–Crippen LogP) is 2.55. The van der Waals surface area contributed by atoms with Crippen LogP contribution in [0, 0.1) is 0 Å². The van der Waals surface area contributed by atoms with Gasteiger partial charge in [-0.15, -0.1) is 0 Å². The van der Waals surface area contributed by atoms with Crippen molar-refractivity contribution in [2.45, 2.75) is 39.2 Å². The van der Waals surface area contributed by atoms with E-state index in [4.69, 9.17) is 4.74 Å². The Labute approximate surface area is 74.3 Å². The minimum absolute atomic E-state index is 0.0334. The highest BCUT2D eigenvalue weighted by Crippen LogP contribution is 2.27. The van der Waals surface area contributed by atoms with Crippen molar-refractivity contribution in [2.24, 2.45) is 4.99 Å². The number of hydrogen-bond acceptors (Lipinski definition) is 2. The summed E-state index contributed by atoms with van der Waals surface area (Å²) in [6.45, 7) is 10.8. The normalized spacial score (nSPS) is 20.1. The van der Waals surface area contributed by atoms with Gasteiger partial charge in [0.1, 0.15) is 5.60 Å². The number of aliphatic imine (C=N–C) groups is 1. The van der Waals surface area contributed by atoms with Gasteiger partial charge in [-0.1, -0.05) is 20.4 Å². The molecule has 0 aliphatic carbocycles. The van der Waals surface area contributed by atoms with Gasteiger partial charge in [0.05, 0.1) is 6.54 Å². The molecule has 0 fully saturated rings. The van der Waals surface area contributed by atoms with Gasteiger partial charge in [-0.3, -0.25) is 0 Å². The van der Waals surface area contributed by atoms with E-state index in [1.165, 1.54) is 0 Å². The van der Waals surface area contributed by atoms with Crippen molar-refractivity contribution in [2.75, 3.05) is 6.54 Å². The summed E-state index contributed by atoms with van der Waals surface area (Å²) in [6, 6.07) is 0. The fourth-order valence-corrected chi connectivity index (χ4v) is 1.33. The summed E-state index contributed by atoms with van der Waals surface area (Å²) in [7, 11) is 0. The van der Waals surface area contributed by atoms with Crippen LogP contribution in [0.25, 0.3) is 0 Å². The molecule has 0 N–H and O–H groups in total. The quantitative estimate of drug-likeness (QED) is 0.633. The largest absolute Gasteiger partial charge is 0.469 e. The molecule has 1 aliphatic heterocycles. The topological polar surface area (TPSA) is 21.6 Å². The third kappa shape index (κ3) is 1.52. The fraction of sp³-hybridized carbons (Fsp3) is 0.700. The molecular formula is C10H17NO. The van der Waals surface area contributed by atoms with E-state index in [0.29, 0.717) is 0 Å². The molecule has 12 heavy (non-hydrogen) atoms. The third-order valence-corrected chi connectivity index (χ3v) is 2.48. The standard InChI is InChI=1S/C10H17NO/c1-5-10(6-2)7-11-9(12-10)8(3)4/h3,5-7H2,1-2,4H3. The molecule has 0 unspecified atom stereocenters. The minimum atomic E-state index is -0.0334.